The van der Waals surface area contributed by atoms with Crippen LogP contribution < -0.4 is 10.9 Å². The number of rotatable bonds is 2. The molecule has 1 aliphatic rings. The molecule has 0 aliphatic carbocycles. The summed E-state index contributed by atoms with van der Waals surface area (Å²) in [6.07, 6.45) is 0.376. The fourth-order valence-corrected chi connectivity index (χ4v) is 3.68. The number of hydrogen-bond donors (Lipinski definition) is 1. The topological polar surface area (TPSA) is 64.0 Å². The molecule has 0 fully saturated rings. The molecule has 4 rings (SSSR count). The molecule has 30 heavy (non-hydrogen) atoms. The summed E-state index contributed by atoms with van der Waals surface area (Å²) in [4.78, 5) is 30.0. The average Bonchev–Trinajstić information content (AvgIpc) is 2.69. The summed E-state index contributed by atoms with van der Waals surface area (Å²) >= 11 is 0. The quantitative estimate of drug-likeness (QED) is 0.655. The van der Waals surface area contributed by atoms with Crippen molar-refractivity contribution in [3.05, 3.63) is 69.8 Å². The largest absolute Gasteiger partial charge is 0.416 e. The van der Waals surface area contributed by atoms with Gasteiger partial charge in [0.25, 0.3) is 11.5 Å². The van der Waals surface area contributed by atoms with E-state index in [4.69, 9.17) is 0 Å². The van der Waals surface area contributed by atoms with Gasteiger partial charge < -0.3 is 5.32 Å². The van der Waals surface area contributed by atoms with Crippen molar-refractivity contribution < 1.29 is 18.0 Å². The highest BCUT2D eigenvalue weighted by Crippen LogP contribution is 2.30. The van der Waals surface area contributed by atoms with Crippen LogP contribution in [0.4, 0.5) is 18.9 Å². The highest BCUT2D eigenvalue weighted by Gasteiger charge is 2.30. The van der Waals surface area contributed by atoms with Crippen molar-refractivity contribution in [1.82, 2.24) is 9.55 Å². The Morgan fingerprint density at radius 1 is 1.00 bits per heavy atom. The normalized spacial score (nSPS) is 14.6. The SMILES string of the molecule is O=C(Nc1ccc(C(F)(F)F)cc1)c1ccc2c(=O)n3c(nc2c1)CCCCCC3. The van der Waals surface area contributed by atoms with Gasteiger partial charge >= 0.3 is 6.18 Å². The fourth-order valence-electron chi connectivity index (χ4n) is 3.68. The number of carbonyl (C=O) groups is 1. The number of amides is 1. The molecule has 0 saturated carbocycles. The molecule has 1 N–H and O–H groups in total. The molecule has 1 aromatic heterocycles. The number of aryl methyl sites for hydroxylation is 1. The lowest BCUT2D eigenvalue weighted by atomic mass is 10.1. The van der Waals surface area contributed by atoms with Gasteiger partial charge in [0.15, 0.2) is 0 Å². The van der Waals surface area contributed by atoms with Gasteiger partial charge in [-0.1, -0.05) is 12.8 Å². The highest BCUT2D eigenvalue weighted by molar-refractivity contribution is 6.06. The van der Waals surface area contributed by atoms with E-state index in [1.165, 1.54) is 18.2 Å². The summed E-state index contributed by atoms with van der Waals surface area (Å²) in [6.45, 7) is 0.646. The lowest BCUT2D eigenvalue weighted by Gasteiger charge is -2.16. The predicted octanol–water partition coefficient (Wildman–Crippen LogP) is 4.78. The third kappa shape index (κ3) is 4.08. The molecule has 0 atom stereocenters. The van der Waals surface area contributed by atoms with Gasteiger partial charge in [-0.15, -0.1) is 0 Å². The van der Waals surface area contributed by atoms with Crippen LogP contribution in [0.5, 0.6) is 0 Å². The Balaban J connectivity index is 1.62. The Morgan fingerprint density at radius 2 is 1.73 bits per heavy atom. The summed E-state index contributed by atoms with van der Waals surface area (Å²) in [5.41, 5.74) is 0.0928. The Bertz CT molecular complexity index is 1150. The van der Waals surface area contributed by atoms with Crippen molar-refractivity contribution in [2.75, 3.05) is 5.32 Å². The third-order valence-corrected chi connectivity index (χ3v) is 5.30. The van der Waals surface area contributed by atoms with Gasteiger partial charge in [-0.05, 0) is 55.3 Å². The zero-order valence-electron chi connectivity index (χ0n) is 16.1. The Labute approximate surface area is 170 Å². The second-order valence-corrected chi connectivity index (χ2v) is 7.41. The van der Waals surface area contributed by atoms with Crippen LogP contribution in [0.15, 0.2) is 47.3 Å². The molecular formula is C22H20F3N3O2. The monoisotopic (exact) mass is 415 g/mol. The van der Waals surface area contributed by atoms with E-state index >= 15 is 0 Å². The van der Waals surface area contributed by atoms with Crippen molar-refractivity contribution in [2.45, 2.75) is 44.8 Å². The Morgan fingerprint density at radius 3 is 2.47 bits per heavy atom. The van der Waals surface area contributed by atoms with E-state index in [2.05, 4.69) is 10.3 Å². The standard InChI is InChI=1S/C22H20F3N3O2/c23-22(24,25)15-7-9-16(10-8-15)26-20(29)14-6-11-17-18(13-14)27-19-5-3-1-2-4-12-28(19)21(17)30/h6-11,13H,1-5,12H2,(H,26,29). The number of benzene rings is 2. The fraction of sp³-hybridized carbons (Fsp3) is 0.318. The molecule has 2 aromatic carbocycles. The maximum absolute atomic E-state index is 12.9. The van der Waals surface area contributed by atoms with E-state index in [0.29, 0.717) is 23.9 Å². The number of anilines is 1. The van der Waals surface area contributed by atoms with Gasteiger partial charge in [0.05, 0.1) is 16.5 Å². The van der Waals surface area contributed by atoms with Crippen LogP contribution in [-0.4, -0.2) is 15.5 Å². The summed E-state index contributed by atoms with van der Waals surface area (Å²) < 4.78 is 39.7. The van der Waals surface area contributed by atoms with Gasteiger partial charge in [0, 0.05) is 24.2 Å². The van der Waals surface area contributed by atoms with Gasteiger partial charge in [0.2, 0.25) is 0 Å². The molecule has 0 radical (unpaired) electrons. The number of fused-ring (bicyclic) bond motifs is 2. The molecule has 0 spiro atoms. The van der Waals surface area contributed by atoms with Crippen LogP contribution in [0, 0.1) is 0 Å². The van der Waals surface area contributed by atoms with Crippen molar-refractivity contribution in [2.24, 2.45) is 0 Å². The molecule has 0 saturated heterocycles. The smallest absolute Gasteiger partial charge is 0.322 e. The number of nitrogens with one attached hydrogen (secondary N) is 1. The molecule has 2 heterocycles. The second-order valence-electron chi connectivity index (χ2n) is 7.41. The van der Waals surface area contributed by atoms with Gasteiger partial charge in [0.1, 0.15) is 5.82 Å². The van der Waals surface area contributed by atoms with E-state index < -0.39 is 17.6 Å². The summed E-state index contributed by atoms with van der Waals surface area (Å²) in [7, 11) is 0. The summed E-state index contributed by atoms with van der Waals surface area (Å²) in [6, 6.07) is 8.89. The number of hydrogen-bond acceptors (Lipinski definition) is 3. The van der Waals surface area contributed by atoms with Crippen LogP contribution in [0.1, 0.15) is 47.4 Å². The first-order valence-corrected chi connectivity index (χ1v) is 9.85. The second kappa shape index (κ2) is 7.93. The minimum atomic E-state index is -4.43. The number of aromatic nitrogens is 2. The van der Waals surface area contributed by atoms with Crippen molar-refractivity contribution in [1.29, 1.82) is 0 Å². The number of nitrogens with zero attached hydrogens (tertiary/aromatic N) is 2. The highest BCUT2D eigenvalue weighted by atomic mass is 19.4. The zero-order chi connectivity index (χ0) is 21.3. The van der Waals surface area contributed by atoms with E-state index in [1.807, 2.05) is 0 Å². The molecule has 1 aliphatic heterocycles. The molecule has 0 unspecified atom stereocenters. The Kier molecular flexibility index (Phi) is 5.32. The number of halogens is 3. The molecular weight excluding hydrogens is 395 g/mol. The maximum Gasteiger partial charge on any atom is 0.416 e. The molecule has 8 heteroatoms. The lowest BCUT2D eigenvalue weighted by molar-refractivity contribution is -0.137. The maximum atomic E-state index is 12.9. The Hall–Kier alpha value is -3.16. The van der Waals surface area contributed by atoms with E-state index in [1.54, 1.807) is 16.7 Å². The third-order valence-electron chi connectivity index (χ3n) is 5.30. The molecule has 156 valence electrons. The first-order valence-electron chi connectivity index (χ1n) is 9.85. The molecule has 3 aromatic rings. The van der Waals surface area contributed by atoms with Gasteiger partial charge in [-0.3, -0.25) is 14.2 Å². The minimum Gasteiger partial charge on any atom is -0.322 e. The first kappa shape index (κ1) is 20.1. The van der Waals surface area contributed by atoms with Gasteiger partial charge in [-0.2, -0.15) is 13.2 Å². The van der Waals surface area contributed by atoms with Gasteiger partial charge in [-0.25, -0.2) is 4.98 Å². The van der Waals surface area contributed by atoms with Crippen LogP contribution >= 0.6 is 0 Å². The van der Waals surface area contributed by atoms with Crippen molar-refractivity contribution in [3.8, 4) is 0 Å². The van der Waals surface area contributed by atoms with Crippen LogP contribution in [0.3, 0.4) is 0 Å². The number of alkyl halides is 3. The van der Waals surface area contributed by atoms with Crippen LogP contribution in [0.25, 0.3) is 10.9 Å². The summed E-state index contributed by atoms with van der Waals surface area (Å²) in [5.74, 6) is 0.248. The first-order chi connectivity index (χ1) is 14.3. The van der Waals surface area contributed by atoms with E-state index in [9.17, 15) is 22.8 Å². The number of carbonyl (C=O) groups excluding carboxylic acids is 1. The van der Waals surface area contributed by atoms with E-state index in [-0.39, 0.29) is 16.8 Å². The van der Waals surface area contributed by atoms with Crippen molar-refractivity contribution >= 4 is 22.5 Å². The molecule has 1 amide bonds. The van der Waals surface area contributed by atoms with Crippen molar-refractivity contribution in [3.63, 3.8) is 0 Å². The molecule has 5 nitrogen and oxygen atoms in total. The summed E-state index contributed by atoms with van der Waals surface area (Å²) in [5, 5.41) is 3.03. The lowest BCUT2D eigenvalue weighted by Crippen LogP contribution is -2.26. The molecule has 0 bridgehead atoms. The zero-order valence-corrected chi connectivity index (χ0v) is 16.1. The van der Waals surface area contributed by atoms with Crippen LogP contribution in [0.2, 0.25) is 0 Å². The van der Waals surface area contributed by atoms with E-state index in [0.717, 1.165) is 43.6 Å². The predicted molar refractivity (Wildman–Crippen MR) is 108 cm³/mol. The van der Waals surface area contributed by atoms with Crippen LogP contribution in [-0.2, 0) is 19.1 Å². The average molecular weight is 415 g/mol. The minimum absolute atomic E-state index is 0.105.